The zero-order valence-electron chi connectivity index (χ0n) is 11.0. The molecule has 3 heteroatoms. The summed E-state index contributed by atoms with van der Waals surface area (Å²) in [5, 5.41) is 10.0. The second-order valence-corrected chi connectivity index (χ2v) is 6.28. The van der Waals surface area contributed by atoms with Gasteiger partial charge in [-0.1, -0.05) is 37.1 Å². The van der Waals surface area contributed by atoms with Gasteiger partial charge in [0, 0.05) is 12.0 Å². The van der Waals surface area contributed by atoms with Gasteiger partial charge in [-0.25, -0.2) is 0 Å². The maximum Gasteiger partial charge on any atom is 0.252 e. The molecule has 2 fully saturated rings. The Bertz CT molecular complexity index is 533. The lowest BCUT2D eigenvalue weighted by Crippen LogP contribution is -2.53. The van der Waals surface area contributed by atoms with Crippen LogP contribution in [0, 0.1) is 0 Å². The van der Waals surface area contributed by atoms with Gasteiger partial charge in [0.2, 0.25) is 0 Å². The summed E-state index contributed by atoms with van der Waals surface area (Å²) in [5.41, 5.74) is 2.63. The summed E-state index contributed by atoms with van der Waals surface area (Å²) < 4.78 is 0. The minimum atomic E-state index is -0.798. The Morgan fingerprint density at radius 2 is 1.95 bits per heavy atom. The third-order valence-electron chi connectivity index (χ3n) is 5.26. The summed E-state index contributed by atoms with van der Waals surface area (Å²) >= 11 is 0. The van der Waals surface area contributed by atoms with E-state index in [-0.39, 0.29) is 17.5 Å². The Hall–Kier alpha value is -1.35. The predicted octanol–water partition coefficient (Wildman–Crippen LogP) is 2.19. The number of hydrogen-bond donors (Lipinski definition) is 1. The lowest BCUT2D eigenvalue weighted by atomic mass is 9.79. The fraction of sp³-hybridized carbons (Fsp3) is 0.562. The third kappa shape index (κ3) is 1.45. The Kier molecular flexibility index (Phi) is 2.31. The lowest BCUT2D eigenvalue weighted by Gasteiger charge is -2.47. The molecule has 1 aromatic carbocycles. The summed E-state index contributed by atoms with van der Waals surface area (Å²) in [6.07, 6.45) is 5.33. The van der Waals surface area contributed by atoms with Crippen molar-refractivity contribution in [2.45, 2.75) is 56.2 Å². The van der Waals surface area contributed by atoms with E-state index >= 15 is 0 Å². The first-order chi connectivity index (χ1) is 9.21. The second kappa shape index (κ2) is 3.83. The van der Waals surface area contributed by atoms with Gasteiger partial charge >= 0.3 is 0 Å². The molecule has 2 aliphatic heterocycles. The SMILES string of the molecule is O=C1[C@H](O)C[C@H]2c3ccccc3CC3(CCCC3)N12. The second-order valence-electron chi connectivity index (χ2n) is 6.28. The smallest absolute Gasteiger partial charge is 0.252 e. The largest absolute Gasteiger partial charge is 0.383 e. The van der Waals surface area contributed by atoms with Crippen molar-refractivity contribution in [3.63, 3.8) is 0 Å². The molecule has 0 bridgehead atoms. The van der Waals surface area contributed by atoms with Crippen LogP contribution in [0.2, 0.25) is 0 Å². The van der Waals surface area contributed by atoms with Crippen molar-refractivity contribution in [3.05, 3.63) is 35.4 Å². The Morgan fingerprint density at radius 3 is 2.74 bits per heavy atom. The molecule has 0 radical (unpaired) electrons. The van der Waals surface area contributed by atoms with Gasteiger partial charge in [0.15, 0.2) is 0 Å². The van der Waals surface area contributed by atoms with Crippen LogP contribution in [-0.4, -0.2) is 27.6 Å². The number of fused-ring (bicyclic) bond motifs is 4. The molecular formula is C16H19NO2. The van der Waals surface area contributed by atoms with E-state index in [1.165, 1.54) is 24.0 Å². The Morgan fingerprint density at radius 1 is 1.21 bits per heavy atom. The van der Waals surface area contributed by atoms with Gasteiger partial charge in [-0.15, -0.1) is 0 Å². The highest BCUT2D eigenvalue weighted by Gasteiger charge is 2.54. The summed E-state index contributed by atoms with van der Waals surface area (Å²) in [6, 6.07) is 8.55. The molecular weight excluding hydrogens is 238 g/mol. The molecule has 2 heterocycles. The van der Waals surface area contributed by atoms with Crippen LogP contribution in [0.5, 0.6) is 0 Å². The van der Waals surface area contributed by atoms with Gasteiger partial charge in [0.25, 0.3) is 5.91 Å². The normalized spacial score (nSPS) is 31.6. The maximum atomic E-state index is 12.4. The predicted molar refractivity (Wildman–Crippen MR) is 71.6 cm³/mol. The van der Waals surface area contributed by atoms with E-state index in [1.807, 2.05) is 11.0 Å². The molecule has 2 atom stereocenters. The molecule has 1 amide bonds. The highest BCUT2D eigenvalue weighted by Crippen LogP contribution is 2.51. The van der Waals surface area contributed by atoms with Gasteiger partial charge in [0.1, 0.15) is 6.10 Å². The minimum Gasteiger partial charge on any atom is -0.383 e. The molecule has 1 aromatic rings. The molecule has 1 saturated carbocycles. The monoisotopic (exact) mass is 257 g/mol. The molecule has 1 N–H and O–H groups in total. The van der Waals surface area contributed by atoms with E-state index in [0.717, 1.165) is 19.3 Å². The van der Waals surface area contributed by atoms with Crippen LogP contribution in [-0.2, 0) is 11.2 Å². The highest BCUT2D eigenvalue weighted by molar-refractivity contribution is 5.85. The van der Waals surface area contributed by atoms with Crippen LogP contribution in [0.4, 0.5) is 0 Å². The van der Waals surface area contributed by atoms with Gasteiger partial charge in [0.05, 0.1) is 6.04 Å². The zero-order chi connectivity index (χ0) is 13.0. The number of hydrogen-bond acceptors (Lipinski definition) is 2. The number of carbonyl (C=O) groups is 1. The first kappa shape index (κ1) is 11.5. The Labute approximate surface area is 113 Å². The number of aliphatic hydroxyl groups excluding tert-OH is 1. The van der Waals surface area contributed by atoms with Gasteiger partial charge < -0.3 is 10.0 Å². The lowest BCUT2D eigenvalue weighted by molar-refractivity contribution is -0.142. The molecule has 1 aliphatic carbocycles. The zero-order valence-corrected chi connectivity index (χ0v) is 11.0. The van der Waals surface area contributed by atoms with Crippen LogP contribution in [0.15, 0.2) is 24.3 Å². The van der Waals surface area contributed by atoms with E-state index in [9.17, 15) is 9.90 Å². The summed E-state index contributed by atoms with van der Waals surface area (Å²) in [6.45, 7) is 0. The number of aliphatic hydroxyl groups is 1. The van der Waals surface area contributed by atoms with Crippen LogP contribution >= 0.6 is 0 Å². The van der Waals surface area contributed by atoms with Crippen LogP contribution in [0.1, 0.15) is 49.3 Å². The van der Waals surface area contributed by atoms with Gasteiger partial charge in [-0.2, -0.15) is 0 Å². The van der Waals surface area contributed by atoms with Crippen molar-refractivity contribution >= 4 is 5.91 Å². The van der Waals surface area contributed by atoms with Gasteiger partial charge in [-0.3, -0.25) is 4.79 Å². The van der Waals surface area contributed by atoms with Crippen LogP contribution in [0.3, 0.4) is 0 Å². The molecule has 3 nitrogen and oxygen atoms in total. The number of benzene rings is 1. The van der Waals surface area contributed by atoms with E-state index in [1.54, 1.807) is 0 Å². The molecule has 0 unspecified atom stereocenters. The highest BCUT2D eigenvalue weighted by atomic mass is 16.3. The number of rotatable bonds is 0. The average Bonchev–Trinajstić information content (AvgIpc) is 2.97. The molecule has 1 saturated heterocycles. The Balaban J connectivity index is 1.87. The van der Waals surface area contributed by atoms with Crippen LogP contribution < -0.4 is 0 Å². The minimum absolute atomic E-state index is 0.00637. The topological polar surface area (TPSA) is 40.5 Å². The fourth-order valence-corrected chi connectivity index (χ4v) is 4.47. The summed E-state index contributed by atoms with van der Waals surface area (Å²) in [7, 11) is 0. The van der Waals surface area contributed by atoms with Crippen molar-refractivity contribution in [1.29, 1.82) is 0 Å². The summed E-state index contributed by atoms with van der Waals surface area (Å²) in [5.74, 6) is -0.0404. The van der Waals surface area contributed by atoms with E-state index in [0.29, 0.717) is 6.42 Å². The quantitative estimate of drug-likeness (QED) is 0.774. The van der Waals surface area contributed by atoms with Crippen molar-refractivity contribution in [2.75, 3.05) is 0 Å². The van der Waals surface area contributed by atoms with Crippen molar-refractivity contribution in [3.8, 4) is 0 Å². The first-order valence-corrected chi connectivity index (χ1v) is 7.30. The molecule has 19 heavy (non-hydrogen) atoms. The van der Waals surface area contributed by atoms with Crippen molar-refractivity contribution in [1.82, 2.24) is 4.90 Å². The number of nitrogens with zero attached hydrogens (tertiary/aromatic N) is 1. The first-order valence-electron chi connectivity index (χ1n) is 7.30. The van der Waals surface area contributed by atoms with Crippen molar-refractivity contribution in [2.24, 2.45) is 0 Å². The van der Waals surface area contributed by atoms with E-state index < -0.39 is 6.10 Å². The fourth-order valence-electron chi connectivity index (χ4n) is 4.47. The average molecular weight is 257 g/mol. The van der Waals surface area contributed by atoms with E-state index in [4.69, 9.17) is 0 Å². The molecule has 100 valence electrons. The van der Waals surface area contributed by atoms with Gasteiger partial charge in [-0.05, 0) is 30.4 Å². The van der Waals surface area contributed by atoms with Crippen LogP contribution in [0.25, 0.3) is 0 Å². The van der Waals surface area contributed by atoms with Crippen molar-refractivity contribution < 1.29 is 9.90 Å². The number of carbonyl (C=O) groups excluding carboxylic acids is 1. The summed E-state index contributed by atoms with van der Waals surface area (Å²) in [4.78, 5) is 14.4. The number of amides is 1. The standard InChI is InChI=1S/C16H19NO2/c18-14-9-13-12-6-2-1-5-11(12)10-16(7-3-4-8-16)17(13)15(14)19/h1-2,5-6,13-14,18H,3-4,7-10H2/t13-,14+/m0/s1. The van der Waals surface area contributed by atoms with E-state index in [2.05, 4.69) is 18.2 Å². The molecule has 3 aliphatic rings. The molecule has 1 spiro atoms. The third-order valence-corrected chi connectivity index (χ3v) is 5.26. The molecule has 4 rings (SSSR count). The maximum absolute atomic E-state index is 12.4. The molecule has 0 aromatic heterocycles.